The van der Waals surface area contributed by atoms with Gasteiger partial charge >= 0.3 is 5.97 Å². The Bertz CT molecular complexity index is 1280. The third-order valence-electron chi connectivity index (χ3n) is 5.85. The number of methoxy groups -OCH3 is 1. The zero-order valence-corrected chi connectivity index (χ0v) is 21.8. The number of hydrogen-bond acceptors (Lipinski definition) is 6. The number of anilines is 2. The van der Waals surface area contributed by atoms with Crippen molar-refractivity contribution in [2.45, 2.75) is 31.1 Å². The van der Waals surface area contributed by atoms with Crippen molar-refractivity contribution in [3.8, 4) is 0 Å². The lowest BCUT2D eigenvalue weighted by Gasteiger charge is -2.18. The predicted octanol–water partition coefficient (Wildman–Crippen LogP) is 6.04. The van der Waals surface area contributed by atoms with Gasteiger partial charge in [0.15, 0.2) is 0 Å². The zero-order chi connectivity index (χ0) is 25.5. The molecule has 6 nitrogen and oxygen atoms in total. The quantitative estimate of drug-likeness (QED) is 0.215. The van der Waals surface area contributed by atoms with Crippen molar-refractivity contribution in [2.24, 2.45) is 5.92 Å². The normalized spacial score (nSPS) is 14.8. The molecule has 8 heteroatoms. The average Bonchev–Trinajstić information content (AvgIpc) is 3.23. The van der Waals surface area contributed by atoms with Crippen LogP contribution in [0, 0.1) is 5.92 Å². The van der Waals surface area contributed by atoms with Crippen LogP contribution in [0.15, 0.2) is 65.6 Å². The maximum Gasteiger partial charge on any atom is 0.341 e. The number of ether oxygens (including phenoxy) is 1. The van der Waals surface area contributed by atoms with E-state index >= 15 is 0 Å². The monoisotopic (exact) mass is 520 g/mol. The zero-order valence-electron chi connectivity index (χ0n) is 20.2. The van der Waals surface area contributed by atoms with E-state index in [1.54, 1.807) is 12.1 Å². The van der Waals surface area contributed by atoms with Crippen LogP contribution in [0.3, 0.4) is 0 Å². The van der Waals surface area contributed by atoms with Crippen LogP contribution in [-0.2, 0) is 27.2 Å². The van der Waals surface area contributed by atoms with Gasteiger partial charge in [0, 0.05) is 21.5 Å². The second-order valence-electron chi connectivity index (χ2n) is 8.65. The van der Waals surface area contributed by atoms with Crippen LogP contribution in [0.5, 0.6) is 0 Å². The number of amides is 2. The van der Waals surface area contributed by atoms with Crippen molar-refractivity contribution in [3.63, 3.8) is 0 Å². The number of carbonyl (C=O) groups is 3. The minimum absolute atomic E-state index is 0.172. The number of fused-ring (bicyclic) bond motifs is 1. The summed E-state index contributed by atoms with van der Waals surface area (Å²) in [6.45, 7) is 2.20. The standard InChI is InChI=1S/C28H28N2O4S2/c1-18-11-13-22-23(15-18)36-27(26(22)28(33)34-2)30-25(32)17-35-21-10-6-9-20(16-21)29-24(31)14-12-19-7-4-3-5-8-19/h3-10,12,14,16,18H,11,13,15,17H2,1-2H3,(H,29,31)(H,30,32)/b14-12+. The van der Waals surface area contributed by atoms with Crippen molar-refractivity contribution in [3.05, 3.63) is 82.2 Å². The van der Waals surface area contributed by atoms with Crippen LogP contribution in [0.2, 0.25) is 0 Å². The van der Waals surface area contributed by atoms with Gasteiger partial charge in [-0.1, -0.05) is 43.3 Å². The molecule has 186 valence electrons. The Labute approximate surface area is 219 Å². The first-order valence-corrected chi connectivity index (χ1v) is 13.5. The molecule has 1 aliphatic rings. The number of rotatable bonds is 8. The molecule has 2 amide bonds. The molecule has 0 saturated carbocycles. The lowest BCUT2D eigenvalue weighted by molar-refractivity contribution is -0.114. The van der Waals surface area contributed by atoms with E-state index in [-0.39, 0.29) is 17.6 Å². The van der Waals surface area contributed by atoms with Crippen molar-refractivity contribution >= 4 is 57.6 Å². The summed E-state index contributed by atoms with van der Waals surface area (Å²) in [4.78, 5) is 39.5. The summed E-state index contributed by atoms with van der Waals surface area (Å²) in [7, 11) is 1.36. The Morgan fingerprint density at radius 3 is 2.69 bits per heavy atom. The molecular weight excluding hydrogens is 492 g/mol. The van der Waals surface area contributed by atoms with Crippen molar-refractivity contribution in [1.82, 2.24) is 0 Å². The predicted molar refractivity (Wildman–Crippen MR) is 147 cm³/mol. The maximum absolute atomic E-state index is 12.8. The molecule has 2 N–H and O–H groups in total. The molecule has 3 aromatic rings. The summed E-state index contributed by atoms with van der Waals surface area (Å²) >= 11 is 2.84. The first-order valence-electron chi connectivity index (χ1n) is 11.7. The minimum atomic E-state index is -0.408. The highest BCUT2D eigenvalue weighted by molar-refractivity contribution is 8.00. The molecule has 36 heavy (non-hydrogen) atoms. The van der Waals surface area contributed by atoms with Gasteiger partial charge in [-0.2, -0.15) is 0 Å². The lowest BCUT2D eigenvalue weighted by atomic mass is 9.88. The van der Waals surface area contributed by atoms with E-state index in [0.717, 1.165) is 40.2 Å². The van der Waals surface area contributed by atoms with Gasteiger partial charge in [-0.05, 0) is 60.6 Å². The highest BCUT2D eigenvalue weighted by atomic mass is 32.2. The van der Waals surface area contributed by atoms with E-state index in [1.165, 1.54) is 36.3 Å². The number of esters is 1. The van der Waals surface area contributed by atoms with Gasteiger partial charge in [0.1, 0.15) is 5.00 Å². The fraction of sp³-hybridized carbons (Fsp3) is 0.250. The minimum Gasteiger partial charge on any atom is -0.465 e. The number of hydrogen-bond donors (Lipinski definition) is 2. The Balaban J connectivity index is 1.36. The van der Waals surface area contributed by atoms with E-state index in [0.29, 0.717) is 22.2 Å². The lowest BCUT2D eigenvalue weighted by Crippen LogP contribution is -2.17. The fourth-order valence-corrected chi connectivity index (χ4v) is 6.22. The summed E-state index contributed by atoms with van der Waals surface area (Å²) in [6.07, 6.45) is 5.99. The van der Waals surface area contributed by atoms with E-state index in [9.17, 15) is 14.4 Å². The first kappa shape index (κ1) is 25.7. The second-order valence-corrected chi connectivity index (χ2v) is 10.8. The number of thioether (sulfide) groups is 1. The summed E-state index contributed by atoms with van der Waals surface area (Å²) in [5.74, 6) is -0.107. The van der Waals surface area contributed by atoms with Gasteiger partial charge in [-0.15, -0.1) is 23.1 Å². The van der Waals surface area contributed by atoms with Crippen molar-refractivity contribution < 1.29 is 19.1 Å². The summed E-state index contributed by atoms with van der Waals surface area (Å²) in [6, 6.07) is 17.0. The molecule has 1 unspecified atom stereocenters. The molecule has 0 saturated heterocycles. The number of carbonyl (C=O) groups excluding carboxylic acids is 3. The molecule has 0 spiro atoms. The summed E-state index contributed by atoms with van der Waals surface area (Å²) in [5, 5.41) is 6.34. The topological polar surface area (TPSA) is 84.5 Å². The Morgan fingerprint density at radius 2 is 1.92 bits per heavy atom. The molecule has 1 atom stereocenters. The van der Waals surface area contributed by atoms with Crippen LogP contribution in [0.25, 0.3) is 6.08 Å². The third kappa shape index (κ3) is 6.65. The van der Waals surface area contributed by atoms with E-state index < -0.39 is 5.97 Å². The third-order valence-corrected chi connectivity index (χ3v) is 8.02. The summed E-state index contributed by atoms with van der Waals surface area (Å²) < 4.78 is 5.00. The van der Waals surface area contributed by atoms with Gasteiger partial charge in [0.2, 0.25) is 11.8 Å². The van der Waals surface area contributed by atoms with Crippen LogP contribution in [0.4, 0.5) is 10.7 Å². The number of benzene rings is 2. The fourth-order valence-electron chi connectivity index (χ4n) is 4.05. The van der Waals surface area contributed by atoms with Gasteiger partial charge in [0.05, 0.1) is 18.4 Å². The van der Waals surface area contributed by atoms with Crippen molar-refractivity contribution in [2.75, 3.05) is 23.5 Å². The van der Waals surface area contributed by atoms with E-state index in [4.69, 9.17) is 4.74 Å². The van der Waals surface area contributed by atoms with Crippen LogP contribution in [-0.4, -0.2) is 30.6 Å². The van der Waals surface area contributed by atoms with Gasteiger partial charge < -0.3 is 15.4 Å². The van der Waals surface area contributed by atoms with E-state index in [2.05, 4.69) is 17.6 Å². The highest BCUT2D eigenvalue weighted by Gasteiger charge is 2.28. The van der Waals surface area contributed by atoms with Gasteiger partial charge in [0.25, 0.3) is 0 Å². The molecule has 0 bridgehead atoms. The average molecular weight is 521 g/mol. The Hall–Kier alpha value is -3.36. The van der Waals surface area contributed by atoms with Gasteiger partial charge in [-0.3, -0.25) is 9.59 Å². The molecule has 1 aliphatic carbocycles. The smallest absolute Gasteiger partial charge is 0.341 e. The SMILES string of the molecule is COC(=O)c1c(NC(=O)CSc2cccc(NC(=O)/C=C/c3ccccc3)c2)sc2c1CCC(C)C2. The van der Waals surface area contributed by atoms with Crippen LogP contribution in [0.1, 0.15) is 39.7 Å². The van der Waals surface area contributed by atoms with Crippen LogP contribution < -0.4 is 10.6 Å². The molecule has 1 aromatic heterocycles. The molecule has 0 radical (unpaired) electrons. The van der Waals surface area contributed by atoms with Gasteiger partial charge in [-0.25, -0.2) is 4.79 Å². The molecule has 4 rings (SSSR count). The maximum atomic E-state index is 12.8. The summed E-state index contributed by atoms with van der Waals surface area (Å²) in [5.41, 5.74) is 3.10. The number of nitrogens with one attached hydrogen (secondary N) is 2. The Kier molecular flexibility index (Phi) is 8.61. The van der Waals surface area contributed by atoms with Crippen molar-refractivity contribution in [1.29, 1.82) is 0 Å². The molecule has 1 heterocycles. The van der Waals surface area contributed by atoms with Crippen LogP contribution >= 0.6 is 23.1 Å². The number of thiophene rings is 1. The van der Waals surface area contributed by atoms with E-state index in [1.807, 2.05) is 48.5 Å². The highest BCUT2D eigenvalue weighted by Crippen LogP contribution is 2.40. The first-order chi connectivity index (χ1) is 17.4. The Morgan fingerprint density at radius 1 is 1.11 bits per heavy atom. The molecule has 0 fully saturated rings. The molecule has 0 aliphatic heterocycles. The largest absolute Gasteiger partial charge is 0.465 e. The second kappa shape index (κ2) is 12.1. The molecular formula is C28H28N2O4S2. The molecule has 2 aromatic carbocycles.